The Bertz CT molecular complexity index is 875. The summed E-state index contributed by atoms with van der Waals surface area (Å²) in [6.07, 6.45) is 0.106. The van der Waals surface area contributed by atoms with Crippen LogP contribution in [0.15, 0.2) is 36.4 Å². The first-order chi connectivity index (χ1) is 12.4. The zero-order valence-electron chi connectivity index (χ0n) is 13.5. The Morgan fingerprint density at radius 2 is 1.42 bits per heavy atom. The minimum Gasteiger partial charge on any atom is -0.325 e. The second-order valence-electron chi connectivity index (χ2n) is 5.83. The Morgan fingerprint density at radius 3 is 2.04 bits per heavy atom. The van der Waals surface area contributed by atoms with Crippen molar-refractivity contribution >= 4 is 52.1 Å². The van der Waals surface area contributed by atoms with Crippen LogP contribution in [0.3, 0.4) is 0 Å². The molecule has 5 nitrogen and oxygen atoms in total. The number of carbonyl (C=O) groups excluding carboxylic acids is 4. The van der Waals surface area contributed by atoms with E-state index in [2.05, 4.69) is 5.32 Å². The average Bonchev–Trinajstić information content (AvgIpc) is 2.65. The number of Topliss-reactive ketones (excluding diaryl/α,β-unsaturated/α-hetero) is 1. The van der Waals surface area contributed by atoms with Crippen molar-refractivity contribution < 1.29 is 19.2 Å². The summed E-state index contributed by atoms with van der Waals surface area (Å²) < 4.78 is 0. The van der Waals surface area contributed by atoms with E-state index in [1.165, 1.54) is 12.1 Å². The van der Waals surface area contributed by atoms with E-state index in [1.54, 1.807) is 24.3 Å². The maximum absolute atomic E-state index is 12.8. The van der Waals surface area contributed by atoms with Crippen LogP contribution in [0.1, 0.15) is 37.4 Å². The molecule has 0 saturated heterocycles. The van der Waals surface area contributed by atoms with E-state index >= 15 is 0 Å². The van der Waals surface area contributed by atoms with Crippen molar-refractivity contribution in [2.45, 2.75) is 6.42 Å². The third kappa shape index (κ3) is 3.41. The SMILES string of the molecule is O=C(CCl)Cc1ccc2c(c1)C(=O)c1ccc(NC(=O)CCl)cc1C2=O. The van der Waals surface area contributed by atoms with Crippen LogP contribution in [0.25, 0.3) is 0 Å². The molecule has 3 rings (SSSR count). The lowest BCUT2D eigenvalue weighted by molar-refractivity contribution is -0.116. The number of nitrogens with one attached hydrogen (secondary N) is 1. The zero-order chi connectivity index (χ0) is 18.8. The molecular formula is C19H13Cl2NO4. The molecule has 132 valence electrons. The molecule has 2 aromatic rings. The minimum atomic E-state index is -0.407. The van der Waals surface area contributed by atoms with E-state index in [4.69, 9.17) is 23.2 Å². The molecular weight excluding hydrogens is 377 g/mol. The summed E-state index contributed by atoms with van der Waals surface area (Å²) >= 11 is 11.0. The van der Waals surface area contributed by atoms with Crippen LogP contribution in [-0.2, 0) is 16.0 Å². The molecule has 0 bridgehead atoms. The summed E-state index contributed by atoms with van der Waals surface area (Å²) in [5.74, 6) is -1.51. The van der Waals surface area contributed by atoms with Gasteiger partial charge < -0.3 is 5.32 Å². The van der Waals surface area contributed by atoms with Crippen LogP contribution in [0.4, 0.5) is 5.69 Å². The van der Waals surface area contributed by atoms with Gasteiger partial charge >= 0.3 is 0 Å². The second-order valence-corrected chi connectivity index (χ2v) is 6.36. The molecule has 2 aromatic carbocycles. The maximum atomic E-state index is 12.8. The number of amides is 1. The van der Waals surface area contributed by atoms with E-state index in [0.717, 1.165) is 0 Å². The van der Waals surface area contributed by atoms with Crippen molar-refractivity contribution in [3.8, 4) is 0 Å². The number of carbonyl (C=O) groups is 4. The van der Waals surface area contributed by atoms with Gasteiger partial charge in [-0.1, -0.05) is 12.1 Å². The molecule has 26 heavy (non-hydrogen) atoms. The van der Waals surface area contributed by atoms with Gasteiger partial charge in [0.05, 0.1) is 5.88 Å². The predicted molar refractivity (Wildman–Crippen MR) is 98.5 cm³/mol. The Hall–Kier alpha value is -2.50. The third-order valence-corrected chi connectivity index (χ3v) is 4.58. The lowest BCUT2D eigenvalue weighted by Gasteiger charge is -2.19. The molecule has 0 spiro atoms. The van der Waals surface area contributed by atoms with Gasteiger partial charge in [0.25, 0.3) is 0 Å². The van der Waals surface area contributed by atoms with Gasteiger partial charge in [0.15, 0.2) is 17.3 Å². The molecule has 7 heteroatoms. The van der Waals surface area contributed by atoms with Crippen molar-refractivity contribution in [1.82, 2.24) is 0 Å². The molecule has 0 saturated carbocycles. The number of fused-ring (bicyclic) bond motifs is 2. The summed E-state index contributed by atoms with van der Waals surface area (Å²) in [6, 6.07) is 9.25. The normalized spacial score (nSPS) is 12.4. The number of rotatable bonds is 5. The number of benzene rings is 2. The number of ketones is 3. The van der Waals surface area contributed by atoms with Crippen LogP contribution in [0.5, 0.6) is 0 Å². The molecule has 0 atom stereocenters. The van der Waals surface area contributed by atoms with E-state index in [-0.39, 0.29) is 57.8 Å². The first-order valence-electron chi connectivity index (χ1n) is 7.74. The highest BCUT2D eigenvalue weighted by Crippen LogP contribution is 2.30. The van der Waals surface area contributed by atoms with Crippen LogP contribution in [0.2, 0.25) is 0 Å². The number of halogens is 2. The van der Waals surface area contributed by atoms with Gasteiger partial charge in [-0.3, -0.25) is 19.2 Å². The quantitative estimate of drug-likeness (QED) is 0.680. The zero-order valence-corrected chi connectivity index (χ0v) is 15.0. The summed E-state index contributed by atoms with van der Waals surface area (Å²) in [7, 11) is 0. The molecule has 1 aliphatic rings. The van der Waals surface area contributed by atoms with Crippen molar-refractivity contribution in [2.24, 2.45) is 0 Å². The molecule has 0 aliphatic heterocycles. The van der Waals surface area contributed by atoms with Crippen LogP contribution >= 0.6 is 23.2 Å². The number of alkyl halides is 2. The minimum absolute atomic E-state index is 0.106. The van der Waals surface area contributed by atoms with Crippen LogP contribution in [0, 0.1) is 0 Å². The lowest BCUT2D eigenvalue weighted by atomic mass is 9.83. The van der Waals surface area contributed by atoms with E-state index in [9.17, 15) is 19.2 Å². The Labute approximate surface area is 159 Å². The third-order valence-electron chi connectivity index (χ3n) is 4.04. The van der Waals surface area contributed by atoms with Gasteiger partial charge in [0.2, 0.25) is 5.91 Å². The smallest absolute Gasteiger partial charge is 0.239 e. The fraction of sp³-hybridized carbons (Fsp3) is 0.158. The molecule has 0 unspecified atom stereocenters. The van der Waals surface area contributed by atoms with Gasteiger partial charge in [0, 0.05) is 34.4 Å². The first kappa shape index (κ1) is 18.3. The molecule has 0 heterocycles. The summed E-state index contributed by atoms with van der Waals surface area (Å²) in [4.78, 5) is 48.5. The van der Waals surface area contributed by atoms with Gasteiger partial charge in [-0.15, -0.1) is 23.2 Å². The van der Waals surface area contributed by atoms with Crippen molar-refractivity contribution in [3.63, 3.8) is 0 Å². The average molecular weight is 390 g/mol. The first-order valence-corrected chi connectivity index (χ1v) is 8.81. The highest BCUT2D eigenvalue weighted by atomic mass is 35.5. The highest BCUT2D eigenvalue weighted by Gasteiger charge is 2.30. The maximum Gasteiger partial charge on any atom is 0.239 e. The fourth-order valence-corrected chi connectivity index (χ4v) is 3.02. The predicted octanol–water partition coefficient (Wildman–Crippen LogP) is 2.99. The van der Waals surface area contributed by atoms with Crippen molar-refractivity contribution in [2.75, 3.05) is 17.1 Å². The van der Waals surface area contributed by atoms with Crippen LogP contribution in [-0.4, -0.2) is 35.0 Å². The second kappa shape index (κ2) is 7.40. The van der Waals surface area contributed by atoms with Crippen LogP contribution < -0.4 is 5.32 Å². The van der Waals surface area contributed by atoms with E-state index in [0.29, 0.717) is 11.3 Å². The molecule has 1 N–H and O–H groups in total. The van der Waals surface area contributed by atoms with Gasteiger partial charge in [-0.05, 0) is 29.8 Å². The van der Waals surface area contributed by atoms with E-state index < -0.39 is 5.91 Å². The standard InChI is InChI=1S/C19H13Cl2NO4/c20-8-12(23)5-10-1-3-13-15(6-10)18(25)14-4-2-11(22-17(24)9-21)7-16(14)19(13)26/h1-4,6-7H,5,8-9H2,(H,22,24). The number of hydrogen-bond acceptors (Lipinski definition) is 4. The molecule has 1 amide bonds. The largest absolute Gasteiger partial charge is 0.325 e. The molecule has 1 aliphatic carbocycles. The molecule has 0 aromatic heterocycles. The summed E-state index contributed by atoms with van der Waals surface area (Å²) in [5.41, 5.74) is 2.03. The molecule has 0 radical (unpaired) electrons. The Balaban J connectivity index is 1.99. The van der Waals surface area contributed by atoms with Gasteiger partial charge in [-0.2, -0.15) is 0 Å². The van der Waals surface area contributed by atoms with Crippen molar-refractivity contribution in [3.05, 3.63) is 64.2 Å². The topological polar surface area (TPSA) is 80.3 Å². The van der Waals surface area contributed by atoms with Gasteiger partial charge in [0.1, 0.15) is 5.88 Å². The lowest BCUT2D eigenvalue weighted by Crippen LogP contribution is -2.22. The van der Waals surface area contributed by atoms with Gasteiger partial charge in [-0.25, -0.2) is 0 Å². The summed E-state index contributed by atoms with van der Waals surface area (Å²) in [6.45, 7) is 0. The summed E-state index contributed by atoms with van der Waals surface area (Å²) in [5, 5.41) is 2.55. The number of hydrogen-bond donors (Lipinski definition) is 1. The Kier molecular flexibility index (Phi) is 5.20. The molecule has 0 fully saturated rings. The fourth-order valence-electron chi connectivity index (χ4n) is 2.85. The Morgan fingerprint density at radius 1 is 0.808 bits per heavy atom. The monoisotopic (exact) mass is 389 g/mol. The number of anilines is 1. The highest BCUT2D eigenvalue weighted by molar-refractivity contribution is 6.30. The van der Waals surface area contributed by atoms with Crippen molar-refractivity contribution in [1.29, 1.82) is 0 Å². The van der Waals surface area contributed by atoms with E-state index in [1.807, 2.05) is 0 Å².